The SMILES string of the molecule is COc1ccc(OC)c(CCN(C)CCC#N)c1. The lowest BCUT2D eigenvalue weighted by Crippen LogP contribution is -2.22. The van der Waals surface area contributed by atoms with Gasteiger partial charge in [0.15, 0.2) is 0 Å². The Balaban J connectivity index is 2.62. The van der Waals surface area contributed by atoms with Crippen LogP contribution in [-0.4, -0.2) is 39.3 Å². The first-order valence-corrected chi connectivity index (χ1v) is 5.97. The van der Waals surface area contributed by atoms with Crippen molar-refractivity contribution in [3.63, 3.8) is 0 Å². The zero-order valence-electron chi connectivity index (χ0n) is 11.3. The van der Waals surface area contributed by atoms with Crippen molar-refractivity contribution in [2.45, 2.75) is 12.8 Å². The molecule has 1 aromatic rings. The fourth-order valence-electron chi connectivity index (χ4n) is 1.74. The van der Waals surface area contributed by atoms with Crippen molar-refractivity contribution in [2.24, 2.45) is 0 Å². The average molecular weight is 248 g/mol. The van der Waals surface area contributed by atoms with Crippen molar-refractivity contribution in [3.8, 4) is 17.6 Å². The molecule has 0 fully saturated rings. The third-order valence-electron chi connectivity index (χ3n) is 2.86. The van der Waals surface area contributed by atoms with Gasteiger partial charge in [0.05, 0.1) is 20.3 Å². The molecule has 0 saturated heterocycles. The third-order valence-corrected chi connectivity index (χ3v) is 2.86. The Morgan fingerprint density at radius 3 is 2.61 bits per heavy atom. The molecule has 0 unspecified atom stereocenters. The van der Waals surface area contributed by atoms with E-state index in [0.29, 0.717) is 6.42 Å². The second-order valence-corrected chi connectivity index (χ2v) is 4.14. The molecule has 0 amide bonds. The van der Waals surface area contributed by atoms with Gasteiger partial charge in [0, 0.05) is 19.5 Å². The maximum atomic E-state index is 8.54. The van der Waals surface area contributed by atoms with Gasteiger partial charge >= 0.3 is 0 Å². The van der Waals surface area contributed by atoms with Gasteiger partial charge in [0.25, 0.3) is 0 Å². The second-order valence-electron chi connectivity index (χ2n) is 4.14. The molecule has 0 bridgehead atoms. The van der Waals surface area contributed by atoms with Crippen molar-refractivity contribution in [1.29, 1.82) is 5.26 Å². The van der Waals surface area contributed by atoms with Crippen LogP contribution in [0.5, 0.6) is 11.5 Å². The number of hydrogen-bond donors (Lipinski definition) is 0. The molecule has 0 aliphatic heterocycles. The van der Waals surface area contributed by atoms with Crippen LogP contribution in [0, 0.1) is 11.3 Å². The minimum Gasteiger partial charge on any atom is -0.497 e. The Hall–Kier alpha value is -1.73. The number of likely N-dealkylation sites (N-methyl/N-ethyl adjacent to an activating group) is 1. The Kier molecular flexibility index (Phi) is 6.03. The molecule has 4 nitrogen and oxygen atoms in total. The lowest BCUT2D eigenvalue weighted by atomic mass is 10.1. The summed E-state index contributed by atoms with van der Waals surface area (Å²) in [6.45, 7) is 1.69. The van der Waals surface area contributed by atoms with Crippen LogP contribution in [0.1, 0.15) is 12.0 Å². The Morgan fingerprint density at radius 1 is 1.22 bits per heavy atom. The molecule has 98 valence electrons. The molecule has 0 aliphatic rings. The van der Waals surface area contributed by atoms with E-state index in [2.05, 4.69) is 11.0 Å². The lowest BCUT2D eigenvalue weighted by molar-refractivity contribution is 0.341. The Morgan fingerprint density at radius 2 is 2.00 bits per heavy atom. The molecular formula is C14H20N2O2. The van der Waals surface area contributed by atoms with Gasteiger partial charge in [0.2, 0.25) is 0 Å². The highest BCUT2D eigenvalue weighted by Gasteiger charge is 2.06. The van der Waals surface area contributed by atoms with E-state index in [1.54, 1.807) is 14.2 Å². The predicted molar refractivity (Wildman–Crippen MR) is 71.0 cm³/mol. The number of methoxy groups -OCH3 is 2. The van der Waals surface area contributed by atoms with E-state index in [1.807, 2.05) is 25.2 Å². The van der Waals surface area contributed by atoms with E-state index in [9.17, 15) is 0 Å². The van der Waals surface area contributed by atoms with E-state index < -0.39 is 0 Å². The van der Waals surface area contributed by atoms with Crippen molar-refractivity contribution >= 4 is 0 Å². The summed E-state index contributed by atoms with van der Waals surface area (Å²) >= 11 is 0. The molecule has 0 saturated carbocycles. The first-order valence-electron chi connectivity index (χ1n) is 5.97. The molecule has 0 radical (unpaired) electrons. The fourth-order valence-corrected chi connectivity index (χ4v) is 1.74. The quantitative estimate of drug-likeness (QED) is 0.741. The highest BCUT2D eigenvalue weighted by molar-refractivity contribution is 5.40. The molecule has 0 heterocycles. The molecule has 4 heteroatoms. The van der Waals surface area contributed by atoms with Crippen LogP contribution < -0.4 is 9.47 Å². The molecule has 1 rings (SSSR count). The maximum Gasteiger partial charge on any atom is 0.122 e. The third kappa shape index (κ3) is 4.27. The van der Waals surface area contributed by atoms with Gasteiger partial charge < -0.3 is 14.4 Å². The van der Waals surface area contributed by atoms with E-state index in [1.165, 1.54) is 0 Å². The molecule has 18 heavy (non-hydrogen) atoms. The molecule has 0 aromatic heterocycles. The van der Waals surface area contributed by atoms with Crippen molar-refractivity contribution in [1.82, 2.24) is 4.90 Å². The van der Waals surface area contributed by atoms with Gasteiger partial charge in [-0.3, -0.25) is 0 Å². The number of ether oxygens (including phenoxy) is 2. The van der Waals surface area contributed by atoms with Crippen LogP contribution in [0.25, 0.3) is 0 Å². The fraction of sp³-hybridized carbons (Fsp3) is 0.500. The largest absolute Gasteiger partial charge is 0.497 e. The van der Waals surface area contributed by atoms with E-state index in [0.717, 1.165) is 36.6 Å². The van der Waals surface area contributed by atoms with Gasteiger partial charge in [-0.1, -0.05) is 0 Å². The van der Waals surface area contributed by atoms with Crippen molar-refractivity contribution in [2.75, 3.05) is 34.4 Å². The molecule has 0 atom stereocenters. The minimum atomic E-state index is 0.561. The standard InChI is InChI=1S/C14H20N2O2/c1-16(9-4-8-15)10-7-12-11-13(17-2)5-6-14(12)18-3/h5-6,11H,4,7,9-10H2,1-3H3. The predicted octanol–water partition coefficient (Wildman–Crippen LogP) is 2.09. The summed E-state index contributed by atoms with van der Waals surface area (Å²) < 4.78 is 10.5. The first kappa shape index (κ1) is 14.3. The Bertz CT molecular complexity index is 413. The van der Waals surface area contributed by atoms with Crippen LogP contribution in [-0.2, 0) is 6.42 Å². The Labute approximate surface area is 109 Å². The van der Waals surface area contributed by atoms with E-state index in [-0.39, 0.29) is 0 Å². The molecule has 1 aromatic carbocycles. The van der Waals surface area contributed by atoms with E-state index in [4.69, 9.17) is 14.7 Å². The number of nitrogens with zero attached hydrogens (tertiary/aromatic N) is 2. The normalized spacial score (nSPS) is 10.2. The van der Waals surface area contributed by atoms with Crippen molar-refractivity contribution < 1.29 is 9.47 Å². The monoisotopic (exact) mass is 248 g/mol. The number of hydrogen-bond acceptors (Lipinski definition) is 4. The second kappa shape index (κ2) is 7.57. The van der Waals surface area contributed by atoms with Crippen LogP contribution in [0.3, 0.4) is 0 Å². The van der Waals surface area contributed by atoms with Gasteiger partial charge in [-0.25, -0.2) is 0 Å². The summed E-state index contributed by atoms with van der Waals surface area (Å²) in [6, 6.07) is 7.96. The zero-order chi connectivity index (χ0) is 13.4. The van der Waals surface area contributed by atoms with Gasteiger partial charge in [-0.15, -0.1) is 0 Å². The molecule has 0 spiro atoms. The number of benzene rings is 1. The van der Waals surface area contributed by atoms with Crippen LogP contribution >= 0.6 is 0 Å². The summed E-state index contributed by atoms with van der Waals surface area (Å²) in [4.78, 5) is 2.14. The smallest absolute Gasteiger partial charge is 0.122 e. The molecule has 0 aliphatic carbocycles. The summed E-state index contributed by atoms with van der Waals surface area (Å²) in [5, 5.41) is 8.54. The van der Waals surface area contributed by atoms with Crippen LogP contribution in [0.15, 0.2) is 18.2 Å². The highest BCUT2D eigenvalue weighted by atomic mass is 16.5. The summed E-state index contributed by atoms with van der Waals surface area (Å²) in [6.07, 6.45) is 1.44. The van der Waals surface area contributed by atoms with Crippen LogP contribution in [0.2, 0.25) is 0 Å². The van der Waals surface area contributed by atoms with Gasteiger partial charge in [-0.2, -0.15) is 5.26 Å². The summed E-state index contributed by atoms with van der Waals surface area (Å²) in [7, 11) is 5.35. The minimum absolute atomic E-state index is 0.561. The van der Waals surface area contributed by atoms with Crippen LogP contribution in [0.4, 0.5) is 0 Å². The zero-order valence-corrected chi connectivity index (χ0v) is 11.3. The maximum absolute atomic E-state index is 8.54. The van der Waals surface area contributed by atoms with Crippen molar-refractivity contribution in [3.05, 3.63) is 23.8 Å². The number of rotatable bonds is 7. The lowest BCUT2D eigenvalue weighted by Gasteiger charge is -2.16. The molecule has 0 N–H and O–H groups in total. The summed E-state index contributed by atoms with van der Waals surface area (Å²) in [5.74, 6) is 1.72. The topological polar surface area (TPSA) is 45.5 Å². The van der Waals surface area contributed by atoms with Gasteiger partial charge in [-0.05, 0) is 37.2 Å². The first-order chi connectivity index (χ1) is 8.71. The highest BCUT2D eigenvalue weighted by Crippen LogP contribution is 2.24. The van der Waals surface area contributed by atoms with E-state index >= 15 is 0 Å². The summed E-state index contributed by atoms with van der Waals surface area (Å²) in [5.41, 5.74) is 1.13. The number of nitriles is 1. The average Bonchev–Trinajstić information content (AvgIpc) is 2.42. The molecular weight excluding hydrogens is 228 g/mol. The van der Waals surface area contributed by atoms with Gasteiger partial charge in [0.1, 0.15) is 11.5 Å².